The van der Waals surface area contributed by atoms with Crippen LogP contribution < -0.4 is 10.2 Å². The van der Waals surface area contributed by atoms with Crippen molar-refractivity contribution in [2.75, 3.05) is 7.11 Å². The van der Waals surface area contributed by atoms with Crippen LogP contribution in [0.2, 0.25) is 0 Å². The van der Waals surface area contributed by atoms with E-state index in [4.69, 9.17) is 14.1 Å². The van der Waals surface area contributed by atoms with Gasteiger partial charge in [0.05, 0.1) is 7.11 Å². The summed E-state index contributed by atoms with van der Waals surface area (Å²) in [6, 6.07) is 9.83. The number of hydrogen-bond acceptors (Lipinski definition) is 5. The predicted octanol–water partition coefficient (Wildman–Crippen LogP) is 3.54. The van der Waals surface area contributed by atoms with Crippen LogP contribution in [0.3, 0.4) is 0 Å². The Kier molecular flexibility index (Phi) is 3.09. The van der Waals surface area contributed by atoms with Crippen LogP contribution >= 0.6 is 0 Å². The van der Waals surface area contributed by atoms with E-state index in [-0.39, 0.29) is 11.2 Å². The zero-order valence-electron chi connectivity index (χ0n) is 14.6. The lowest BCUT2D eigenvalue weighted by Crippen LogP contribution is -1.94. The molecule has 7 heteroatoms. The number of pyridine rings is 1. The van der Waals surface area contributed by atoms with Gasteiger partial charge in [0.2, 0.25) is 0 Å². The molecule has 3 heterocycles. The van der Waals surface area contributed by atoms with Gasteiger partial charge in [-0.2, -0.15) is 0 Å². The summed E-state index contributed by atoms with van der Waals surface area (Å²) in [6.07, 6.45) is 1.85. The Morgan fingerprint density at radius 2 is 2.04 bits per heavy atom. The molecule has 2 N–H and O–H groups in total. The number of phenolic OH excluding ortho intramolecular Hbond substituents is 1. The number of fused-ring (bicyclic) bond motifs is 4. The minimum atomic E-state index is -0.118. The summed E-state index contributed by atoms with van der Waals surface area (Å²) in [5.41, 5.74) is 4.00. The first-order valence-electron chi connectivity index (χ1n) is 8.34. The maximum Gasteiger partial charge on any atom is 0.182 e. The zero-order valence-corrected chi connectivity index (χ0v) is 14.6. The van der Waals surface area contributed by atoms with E-state index in [1.54, 1.807) is 24.3 Å². The highest BCUT2D eigenvalue weighted by Gasteiger charge is 2.20. The highest BCUT2D eigenvalue weighted by atomic mass is 16.5. The van der Waals surface area contributed by atoms with Crippen LogP contribution in [-0.4, -0.2) is 27.0 Å². The molecule has 2 aromatic carbocycles. The number of nitrogens with zero attached hydrogens (tertiary/aromatic N) is 2. The van der Waals surface area contributed by atoms with E-state index < -0.39 is 0 Å². The number of rotatable bonds is 2. The standard InChI is InChI=1S/C20H15N3O4/c1-23-20-13(9-21-23)17(10-3-6-14(25)16(7-10)26-2)19-18(22-20)12-5-4-11(24)8-15(12)27-19/h3-9,21,25H,1-2H3. The number of nitrogens with one attached hydrogen (secondary N) is 1. The third-order valence-corrected chi connectivity index (χ3v) is 4.78. The third kappa shape index (κ3) is 2.15. The van der Waals surface area contributed by atoms with E-state index in [0.29, 0.717) is 22.4 Å². The van der Waals surface area contributed by atoms with Gasteiger partial charge in [0.25, 0.3) is 0 Å². The van der Waals surface area contributed by atoms with Gasteiger partial charge in [-0.1, -0.05) is 6.07 Å². The monoisotopic (exact) mass is 361 g/mol. The van der Waals surface area contributed by atoms with Crippen molar-refractivity contribution in [2.45, 2.75) is 0 Å². The van der Waals surface area contributed by atoms with E-state index in [9.17, 15) is 9.90 Å². The minimum Gasteiger partial charge on any atom is -0.504 e. The normalized spacial score (nSPS) is 11.6. The van der Waals surface area contributed by atoms with E-state index in [1.165, 1.54) is 19.2 Å². The fourth-order valence-corrected chi connectivity index (χ4v) is 3.48. The molecule has 5 aromatic rings. The first kappa shape index (κ1) is 15.5. The molecule has 5 rings (SSSR count). The summed E-state index contributed by atoms with van der Waals surface area (Å²) < 4.78 is 13.1. The van der Waals surface area contributed by atoms with Gasteiger partial charge < -0.3 is 19.4 Å². The van der Waals surface area contributed by atoms with Gasteiger partial charge in [-0.15, -0.1) is 0 Å². The highest BCUT2D eigenvalue weighted by molar-refractivity contribution is 6.14. The molecule has 0 fully saturated rings. The molecule has 3 aromatic heterocycles. The fourth-order valence-electron chi connectivity index (χ4n) is 3.48. The Morgan fingerprint density at radius 1 is 1.19 bits per heavy atom. The summed E-state index contributed by atoms with van der Waals surface area (Å²) in [5, 5.41) is 14.7. The highest BCUT2D eigenvalue weighted by Crippen LogP contribution is 2.41. The molecule has 7 nitrogen and oxygen atoms in total. The minimum absolute atomic E-state index is 0.0584. The largest absolute Gasteiger partial charge is 0.504 e. The topological polar surface area (TPSA) is 93.3 Å². The average molecular weight is 361 g/mol. The number of aryl methyl sites for hydroxylation is 1. The van der Waals surface area contributed by atoms with Gasteiger partial charge in [0.1, 0.15) is 11.1 Å². The lowest BCUT2D eigenvalue weighted by Gasteiger charge is -2.08. The van der Waals surface area contributed by atoms with Crippen LogP contribution in [0.15, 0.2) is 51.8 Å². The molecule has 0 saturated heterocycles. The summed E-state index contributed by atoms with van der Waals surface area (Å²) >= 11 is 0. The maximum atomic E-state index is 11.7. The average Bonchev–Trinajstić information content (AvgIpc) is 3.20. The van der Waals surface area contributed by atoms with Crippen molar-refractivity contribution in [3.8, 4) is 22.6 Å². The molecule has 134 valence electrons. The Balaban J connectivity index is 1.99. The Morgan fingerprint density at radius 3 is 2.85 bits per heavy atom. The second-order valence-corrected chi connectivity index (χ2v) is 6.38. The lowest BCUT2D eigenvalue weighted by atomic mass is 10.0. The van der Waals surface area contributed by atoms with Crippen LogP contribution in [0.5, 0.6) is 11.5 Å². The van der Waals surface area contributed by atoms with Crippen molar-refractivity contribution in [3.05, 3.63) is 52.8 Å². The first-order valence-corrected chi connectivity index (χ1v) is 8.34. The van der Waals surface area contributed by atoms with Crippen LogP contribution in [0.1, 0.15) is 0 Å². The number of benzene rings is 2. The number of phenols is 1. The molecule has 0 aliphatic heterocycles. The fraction of sp³-hybridized carbons (Fsp3) is 0.100. The molecule has 0 radical (unpaired) electrons. The molecule has 0 aliphatic carbocycles. The summed E-state index contributed by atoms with van der Waals surface area (Å²) in [4.78, 5) is 16.5. The molecule has 0 amide bonds. The van der Waals surface area contributed by atoms with Crippen molar-refractivity contribution >= 4 is 33.1 Å². The van der Waals surface area contributed by atoms with Gasteiger partial charge in [-0.05, 0) is 29.8 Å². The number of aromatic amines is 1. The zero-order chi connectivity index (χ0) is 18.7. The van der Waals surface area contributed by atoms with E-state index in [0.717, 1.165) is 27.5 Å². The molecule has 27 heavy (non-hydrogen) atoms. The van der Waals surface area contributed by atoms with Crippen molar-refractivity contribution in [1.82, 2.24) is 14.8 Å². The summed E-state index contributed by atoms with van der Waals surface area (Å²) in [6.45, 7) is 0. The van der Waals surface area contributed by atoms with Gasteiger partial charge in [-0.25, -0.2) is 4.98 Å². The molecular weight excluding hydrogens is 346 g/mol. The predicted molar refractivity (Wildman–Crippen MR) is 102 cm³/mol. The Hall–Kier alpha value is -3.74. The summed E-state index contributed by atoms with van der Waals surface area (Å²) in [7, 11) is 3.38. The summed E-state index contributed by atoms with van der Waals surface area (Å²) in [5.74, 6) is 0.423. The van der Waals surface area contributed by atoms with Gasteiger partial charge in [0, 0.05) is 35.6 Å². The van der Waals surface area contributed by atoms with Crippen molar-refractivity contribution in [1.29, 1.82) is 0 Å². The molecule has 0 saturated carbocycles. The second-order valence-electron chi connectivity index (χ2n) is 6.38. The molecule has 0 atom stereocenters. The smallest absolute Gasteiger partial charge is 0.182 e. The number of aromatic hydroxyl groups is 1. The van der Waals surface area contributed by atoms with Gasteiger partial charge in [0.15, 0.2) is 28.2 Å². The van der Waals surface area contributed by atoms with Crippen molar-refractivity contribution < 1.29 is 14.3 Å². The molecular formula is C20H15N3O4. The van der Waals surface area contributed by atoms with E-state index in [2.05, 4.69) is 5.10 Å². The number of methoxy groups -OCH3 is 1. The quantitative estimate of drug-likeness (QED) is 0.502. The van der Waals surface area contributed by atoms with Gasteiger partial charge >= 0.3 is 0 Å². The van der Waals surface area contributed by atoms with Crippen LogP contribution in [-0.2, 0) is 7.05 Å². The Bertz CT molecular complexity index is 1410. The number of furan rings is 1. The molecule has 0 aliphatic rings. The Labute approximate surface area is 152 Å². The number of H-pyrrole nitrogens is 1. The number of ether oxygens (including phenoxy) is 1. The number of hydrogen-bond donors (Lipinski definition) is 2. The lowest BCUT2D eigenvalue weighted by molar-refractivity contribution is 0.373. The SMILES string of the molecule is COc1cc(-c2c3c[nH]n(C)c3nc3c2oc2cc(=O)ccc23)ccc1O. The van der Waals surface area contributed by atoms with Crippen LogP contribution in [0.4, 0.5) is 0 Å². The van der Waals surface area contributed by atoms with E-state index in [1.807, 2.05) is 17.9 Å². The number of aromatic nitrogens is 3. The van der Waals surface area contributed by atoms with Crippen LogP contribution in [0, 0.1) is 0 Å². The maximum absolute atomic E-state index is 11.7. The second kappa shape index (κ2) is 5.38. The molecule has 0 unspecified atom stereocenters. The molecule has 0 bridgehead atoms. The van der Waals surface area contributed by atoms with E-state index >= 15 is 0 Å². The van der Waals surface area contributed by atoms with Crippen LogP contribution in [0.25, 0.3) is 44.2 Å². The molecule has 0 spiro atoms. The third-order valence-electron chi connectivity index (χ3n) is 4.78. The first-order chi connectivity index (χ1) is 13.1. The van der Waals surface area contributed by atoms with Gasteiger partial charge in [-0.3, -0.25) is 9.48 Å². The van der Waals surface area contributed by atoms with Crippen molar-refractivity contribution in [3.63, 3.8) is 0 Å². The van der Waals surface area contributed by atoms with Crippen molar-refractivity contribution in [2.24, 2.45) is 7.05 Å².